The summed E-state index contributed by atoms with van der Waals surface area (Å²) in [6.07, 6.45) is 0. The van der Waals surface area contributed by atoms with E-state index in [1.807, 2.05) is 50.2 Å². The van der Waals surface area contributed by atoms with Gasteiger partial charge < -0.3 is 8.83 Å². The van der Waals surface area contributed by atoms with E-state index in [-0.39, 0.29) is 5.89 Å². The molecule has 22 heavy (non-hydrogen) atoms. The molecule has 108 valence electrons. The highest BCUT2D eigenvalue weighted by atomic mass is 16.4. The fraction of sp³-hybridized carbons (Fsp3) is 0.111. The second-order valence-corrected chi connectivity index (χ2v) is 5.48. The molecule has 2 heterocycles. The average Bonchev–Trinajstić information content (AvgIpc) is 2.89. The lowest BCUT2D eigenvalue weighted by Gasteiger charge is -2.00. The molecule has 0 saturated carbocycles. The Balaban J connectivity index is 1.97. The van der Waals surface area contributed by atoms with Crippen molar-refractivity contribution in [1.29, 1.82) is 0 Å². The summed E-state index contributed by atoms with van der Waals surface area (Å²) in [7, 11) is 0. The lowest BCUT2D eigenvalue weighted by Crippen LogP contribution is -2.02. The van der Waals surface area contributed by atoms with Crippen molar-refractivity contribution in [3.05, 3.63) is 64.0 Å². The number of aryl methyl sites for hydroxylation is 2. The van der Waals surface area contributed by atoms with Crippen molar-refractivity contribution in [2.45, 2.75) is 13.8 Å². The molecular weight excluding hydrogens is 278 g/mol. The number of nitrogens with zero attached hydrogens (tertiary/aromatic N) is 1. The second kappa shape index (κ2) is 4.56. The summed E-state index contributed by atoms with van der Waals surface area (Å²) in [4.78, 5) is 16.6. The SMILES string of the molecule is Cc1ccc2oc(-c3cc4ccc(C)cc4oc3=O)nc2c1. The minimum Gasteiger partial charge on any atom is -0.436 e. The van der Waals surface area contributed by atoms with Crippen LogP contribution in [0.1, 0.15) is 11.1 Å². The minimum atomic E-state index is -0.443. The zero-order valence-corrected chi connectivity index (χ0v) is 12.2. The molecule has 0 saturated heterocycles. The molecule has 2 aromatic carbocycles. The lowest BCUT2D eigenvalue weighted by atomic mass is 10.1. The number of rotatable bonds is 1. The molecule has 0 N–H and O–H groups in total. The number of aromatic nitrogens is 1. The topological polar surface area (TPSA) is 56.2 Å². The van der Waals surface area contributed by atoms with Gasteiger partial charge in [0.1, 0.15) is 16.7 Å². The maximum atomic E-state index is 12.2. The van der Waals surface area contributed by atoms with Gasteiger partial charge in [0.2, 0.25) is 5.89 Å². The summed E-state index contributed by atoms with van der Waals surface area (Å²) < 4.78 is 11.1. The van der Waals surface area contributed by atoms with Gasteiger partial charge in [-0.25, -0.2) is 9.78 Å². The third kappa shape index (κ3) is 2.00. The molecule has 0 fully saturated rings. The normalized spacial score (nSPS) is 11.4. The number of hydrogen-bond donors (Lipinski definition) is 0. The van der Waals surface area contributed by atoms with E-state index in [0.29, 0.717) is 16.7 Å². The van der Waals surface area contributed by atoms with Crippen molar-refractivity contribution in [2.24, 2.45) is 0 Å². The molecule has 0 aliphatic heterocycles. The van der Waals surface area contributed by atoms with Crippen molar-refractivity contribution in [3.8, 4) is 11.5 Å². The van der Waals surface area contributed by atoms with Gasteiger partial charge in [0.25, 0.3) is 0 Å². The summed E-state index contributed by atoms with van der Waals surface area (Å²) in [5.41, 5.74) is 3.99. The number of hydrogen-bond acceptors (Lipinski definition) is 4. The first kappa shape index (κ1) is 12.8. The van der Waals surface area contributed by atoms with Crippen LogP contribution >= 0.6 is 0 Å². The first-order valence-corrected chi connectivity index (χ1v) is 7.02. The van der Waals surface area contributed by atoms with E-state index in [2.05, 4.69) is 4.98 Å². The third-order valence-electron chi connectivity index (χ3n) is 3.66. The number of benzene rings is 2. The van der Waals surface area contributed by atoms with E-state index in [9.17, 15) is 4.79 Å². The van der Waals surface area contributed by atoms with Gasteiger partial charge in [-0.1, -0.05) is 18.2 Å². The fourth-order valence-corrected chi connectivity index (χ4v) is 2.52. The van der Waals surface area contributed by atoms with Crippen molar-refractivity contribution >= 4 is 22.1 Å². The van der Waals surface area contributed by atoms with Crippen LogP contribution in [0.2, 0.25) is 0 Å². The predicted octanol–water partition coefficient (Wildman–Crippen LogP) is 4.22. The van der Waals surface area contributed by atoms with Gasteiger partial charge in [-0.15, -0.1) is 0 Å². The Kier molecular flexibility index (Phi) is 2.66. The molecule has 0 spiro atoms. The highest BCUT2D eigenvalue weighted by molar-refractivity contribution is 5.82. The highest BCUT2D eigenvalue weighted by Gasteiger charge is 2.14. The molecule has 0 atom stereocenters. The molecule has 4 aromatic rings. The first-order valence-electron chi connectivity index (χ1n) is 7.02. The van der Waals surface area contributed by atoms with Crippen molar-refractivity contribution in [1.82, 2.24) is 4.98 Å². The van der Waals surface area contributed by atoms with Gasteiger partial charge in [0, 0.05) is 5.39 Å². The molecule has 4 heteroatoms. The fourth-order valence-electron chi connectivity index (χ4n) is 2.52. The molecule has 4 nitrogen and oxygen atoms in total. The monoisotopic (exact) mass is 291 g/mol. The van der Waals surface area contributed by atoms with Crippen LogP contribution in [-0.2, 0) is 0 Å². The van der Waals surface area contributed by atoms with Crippen LogP contribution in [0.25, 0.3) is 33.5 Å². The maximum Gasteiger partial charge on any atom is 0.349 e. The molecule has 0 amide bonds. The Morgan fingerprint density at radius 1 is 0.864 bits per heavy atom. The predicted molar refractivity (Wildman–Crippen MR) is 85.0 cm³/mol. The molecule has 0 unspecified atom stereocenters. The van der Waals surface area contributed by atoms with Gasteiger partial charge in [-0.05, 0) is 49.2 Å². The Hall–Kier alpha value is -2.88. The van der Waals surface area contributed by atoms with Crippen molar-refractivity contribution in [2.75, 3.05) is 0 Å². The second-order valence-electron chi connectivity index (χ2n) is 5.48. The van der Waals surface area contributed by atoms with Gasteiger partial charge >= 0.3 is 5.63 Å². The van der Waals surface area contributed by atoms with Crippen LogP contribution in [0.5, 0.6) is 0 Å². The van der Waals surface area contributed by atoms with E-state index in [1.165, 1.54) is 0 Å². The van der Waals surface area contributed by atoms with Crippen LogP contribution < -0.4 is 5.63 Å². The summed E-state index contributed by atoms with van der Waals surface area (Å²) in [5.74, 6) is 0.289. The Labute approximate surface area is 126 Å². The van der Waals surface area contributed by atoms with Crippen LogP contribution in [0, 0.1) is 13.8 Å². The Morgan fingerprint density at radius 3 is 2.50 bits per heavy atom. The van der Waals surface area contributed by atoms with Crippen molar-refractivity contribution < 1.29 is 8.83 Å². The molecule has 0 aliphatic carbocycles. The summed E-state index contributed by atoms with van der Waals surface area (Å²) in [5, 5.41) is 0.846. The summed E-state index contributed by atoms with van der Waals surface area (Å²) >= 11 is 0. The summed E-state index contributed by atoms with van der Waals surface area (Å²) in [6.45, 7) is 3.94. The van der Waals surface area contributed by atoms with Gasteiger partial charge in [-0.3, -0.25) is 0 Å². The minimum absolute atomic E-state index is 0.289. The molecular formula is C18H13NO3. The molecule has 0 bridgehead atoms. The standard InChI is InChI=1S/C18H13NO3/c1-10-4-6-15-14(7-10)19-17(21-15)13-9-12-5-3-11(2)8-16(12)22-18(13)20/h3-9H,1-2H3. The van der Waals surface area contributed by atoms with E-state index >= 15 is 0 Å². The molecule has 0 aliphatic rings. The Morgan fingerprint density at radius 2 is 1.64 bits per heavy atom. The van der Waals surface area contributed by atoms with E-state index < -0.39 is 5.63 Å². The molecule has 0 radical (unpaired) electrons. The third-order valence-corrected chi connectivity index (χ3v) is 3.66. The van der Waals surface area contributed by atoms with Gasteiger partial charge in [-0.2, -0.15) is 0 Å². The Bertz CT molecular complexity index is 1070. The first-order chi connectivity index (χ1) is 10.6. The van der Waals surface area contributed by atoms with Crippen LogP contribution in [-0.4, -0.2) is 4.98 Å². The summed E-state index contributed by atoms with van der Waals surface area (Å²) in [6, 6.07) is 13.2. The maximum absolute atomic E-state index is 12.2. The van der Waals surface area contributed by atoms with Gasteiger partial charge in [0.05, 0.1) is 0 Å². The molecule has 4 rings (SSSR count). The van der Waals surface area contributed by atoms with E-state index in [0.717, 1.165) is 22.0 Å². The smallest absolute Gasteiger partial charge is 0.349 e. The van der Waals surface area contributed by atoms with Crippen molar-refractivity contribution in [3.63, 3.8) is 0 Å². The van der Waals surface area contributed by atoms with Crippen LogP contribution in [0.3, 0.4) is 0 Å². The number of oxazole rings is 1. The zero-order valence-electron chi connectivity index (χ0n) is 12.2. The van der Waals surface area contributed by atoms with Crippen LogP contribution in [0.4, 0.5) is 0 Å². The zero-order chi connectivity index (χ0) is 15.3. The number of fused-ring (bicyclic) bond motifs is 2. The highest BCUT2D eigenvalue weighted by Crippen LogP contribution is 2.25. The lowest BCUT2D eigenvalue weighted by molar-refractivity contribution is 0.553. The van der Waals surface area contributed by atoms with Crippen LogP contribution in [0.15, 0.2) is 56.1 Å². The van der Waals surface area contributed by atoms with Gasteiger partial charge in [0.15, 0.2) is 5.58 Å². The van der Waals surface area contributed by atoms with E-state index in [1.54, 1.807) is 6.07 Å². The average molecular weight is 291 g/mol. The molecule has 2 aromatic heterocycles. The largest absolute Gasteiger partial charge is 0.436 e. The van der Waals surface area contributed by atoms with E-state index in [4.69, 9.17) is 8.83 Å². The quantitative estimate of drug-likeness (QED) is 0.493.